The summed E-state index contributed by atoms with van der Waals surface area (Å²) in [5.41, 5.74) is 1.18. The van der Waals surface area contributed by atoms with E-state index < -0.39 is 0 Å². The van der Waals surface area contributed by atoms with E-state index in [-0.39, 0.29) is 0 Å². The Kier molecular flexibility index (Phi) is 5.39. The number of hydrogen-bond acceptors (Lipinski definition) is 5. The van der Waals surface area contributed by atoms with Gasteiger partial charge in [0.1, 0.15) is 18.0 Å². The van der Waals surface area contributed by atoms with Crippen molar-refractivity contribution in [3.8, 4) is 0 Å². The first kappa shape index (κ1) is 14.1. The molecule has 1 aromatic rings. The highest BCUT2D eigenvalue weighted by atomic mass is 16.5. The zero-order valence-electron chi connectivity index (χ0n) is 11.9. The van der Waals surface area contributed by atoms with E-state index >= 15 is 0 Å². The van der Waals surface area contributed by atoms with E-state index in [0.717, 1.165) is 44.0 Å². The van der Waals surface area contributed by atoms with Crippen molar-refractivity contribution in [3.05, 3.63) is 11.9 Å². The highest BCUT2D eigenvalue weighted by Gasteiger charge is 2.15. The second-order valence-corrected chi connectivity index (χ2v) is 4.90. The van der Waals surface area contributed by atoms with Crippen LogP contribution in [0.25, 0.3) is 0 Å². The van der Waals surface area contributed by atoms with Crippen molar-refractivity contribution < 1.29 is 4.74 Å². The zero-order valence-corrected chi connectivity index (χ0v) is 11.9. The number of nitrogens with zero attached hydrogens (tertiary/aromatic N) is 2. The van der Waals surface area contributed by atoms with E-state index in [1.165, 1.54) is 18.4 Å². The quantitative estimate of drug-likeness (QED) is 0.792. The van der Waals surface area contributed by atoms with Crippen LogP contribution in [0.1, 0.15) is 38.2 Å². The molecule has 0 spiro atoms. The minimum absolute atomic E-state index is 0.424. The molecule has 5 nitrogen and oxygen atoms in total. The van der Waals surface area contributed by atoms with Gasteiger partial charge in [-0.1, -0.05) is 13.3 Å². The lowest BCUT2D eigenvalue weighted by Gasteiger charge is -2.15. The van der Waals surface area contributed by atoms with Crippen molar-refractivity contribution in [2.24, 2.45) is 0 Å². The fourth-order valence-electron chi connectivity index (χ4n) is 2.49. The Balaban J connectivity index is 1.94. The predicted octanol–water partition coefficient (Wildman–Crippen LogP) is 2.45. The van der Waals surface area contributed by atoms with Crippen LogP contribution in [0.3, 0.4) is 0 Å². The third-order valence-corrected chi connectivity index (χ3v) is 3.46. The molecule has 19 heavy (non-hydrogen) atoms. The van der Waals surface area contributed by atoms with E-state index in [0.29, 0.717) is 6.10 Å². The van der Waals surface area contributed by atoms with E-state index in [9.17, 15) is 0 Å². The fourth-order valence-corrected chi connectivity index (χ4v) is 2.49. The van der Waals surface area contributed by atoms with E-state index in [2.05, 4.69) is 27.5 Å². The molecule has 0 amide bonds. The Morgan fingerprint density at radius 2 is 2.21 bits per heavy atom. The summed E-state index contributed by atoms with van der Waals surface area (Å²) < 4.78 is 5.63. The molecule has 0 aromatic carbocycles. The van der Waals surface area contributed by atoms with Gasteiger partial charge in [0.05, 0.1) is 6.10 Å². The van der Waals surface area contributed by atoms with Crippen molar-refractivity contribution in [2.45, 2.75) is 45.1 Å². The molecule has 1 aliphatic rings. The summed E-state index contributed by atoms with van der Waals surface area (Å²) in [6.45, 7) is 3.99. The molecule has 0 saturated carbocycles. The van der Waals surface area contributed by atoms with Crippen LogP contribution in [0.4, 0.5) is 11.6 Å². The summed E-state index contributed by atoms with van der Waals surface area (Å²) in [7, 11) is 1.90. The van der Waals surface area contributed by atoms with E-state index in [4.69, 9.17) is 4.74 Å². The van der Waals surface area contributed by atoms with Gasteiger partial charge < -0.3 is 15.4 Å². The summed E-state index contributed by atoms with van der Waals surface area (Å²) in [4.78, 5) is 8.64. The van der Waals surface area contributed by atoms with Crippen molar-refractivity contribution >= 4 is 11.6 Å². The fraction of sp³-hybridized carbons (Fsp3) is 0.714. The summed E-state index contributed by atoms with van der Waals surface area (Å²) in [5, 5.41) is 6.57. The zero-order chi connectivity index (χ0) is 13.5. The van der Waals surface area contributed by atoms with Gasteiger partial charge in [-0.2, -0.15) is 0 Å². The maximum absolute atomic E-state index is 5.63. The lowest BCUT2D eigenvalue weighted by molar-refractivity contribution is 0.107. The van der Waals surface area contributed by atoms with Crippen LogP contribution < -0.4 is 10.6 Å². The van der Waals surface area contributed by atoms with Crippen LogP contribution in [0.15, 0.2) is 6.33 Å². The van der Waals surface area contributed by atoms with Gasteiger partial charge in [-0.05, 0) is 25.7 Å². The van der Waals surface area contributed by atoms with Crippen LogP contribution in [0, 0.1) is 0 Å². The van der Waals surface area contributed by atoms with Gasteiger partial charge in [0.2, 0.25) is 0 Å². The molecule has 2 rings (SSSR count). The minimum Gasteiger partial charge on any atom is -0.378 e. The maximum Gasteiger partial charge on any atom is 0.134 e. The van der Waals surface area contributed by atoms with Crippen LogP contribution in [-0.4, -0.2) is 36.3 Å². The summed E-state index contributed by atoms with van der Waals surface area (Å²) in [5.74, 6) is 1.88. The van der Waals surface area contributed by atoms with Crippen LogP contribution in [0.5, 0.6) is 0 Å². The van der Waals surface area contributed by atoms with Crippen molar-refractivity contribution in [1.29, 1.82) is 0 Å². The molecule has 2 heterocycles. The lowest BCUT2D eigenvalue weighted by atomic mass is 10.1. The second-order valence-electron chi connectivity index (χ2n) is 4.90. The van der Waals surface area contributed by atoms with E-state index in [1.54, 1.807) is 6.33 Å². The maximum atomic E-state index is 5.63. The first-order chi connectivity index (χ1) is 9.35. The predicted molar refractivity (Wildman–Crippen MR) is 77.7 cm³/mol. The number of ether oxygens (including phenoxy) is 1. The number of aromatic nitrogens is 2. The number of hydrogen-bond donors (Lipinski definition) is 2. The average Bonchev–Trinajstić information content (AvgIpc) is 2.94. The Bertz CT molecular complexity index is 391. The minimum atomic E-state index is 0.424. The second kappa shape index (κ2) is 7.28. The van der Waals surface area contributed by atoms with Crippen molar-refractivity contribution in [2.75, 3.05) is 30.8 Å². The normalized spacial score (nSPS) is 18.5. The van der Waals surface area contributed by atoms with Crippen LogP contribution >= 0.6 is 0 Å². The van der Waals surface area contributed by atoms with Crippen LogP contribution in [-0.2, 0) is 11.2 Å². The number of nitrogens with one attached hydrogen (secondary N) is 2. The van der Waals surface area contributed by atoms with Crippen molar-refractivity contribution in [3.63, 3.8) is 0 Å². The van der Waals surface area contributed by atoms with Gasteiger partial charge in [0.15, 0.2) is 0 Å². The van der Waals surface area contributed by atoms with Gasteiger partial charge in [-0.25, -0.2) is 9.97 Å². The first-order valence-electron chi connectivity index (χ1n) is 7.22. The van der Waals surface area contributed by atoms with Gasteiger partial charge in [0.25, 0.3) is 0 Å². The Labute approximate surface area is 115 Å². The first-order valence-corrected chi connectivity index (χ1v) is 7.22. The van der Waals surface area contributed by atoms with Gasteiger partial charge in [0, 0.05) is 25.8 Å². The summed E-state index contributed by atoms with van der Waals surface area (Å²) in [6, 6.07) is 0. The molecule has 1 fully saturated rings. The lowest BCUT2D eigenvalue weighted by Crippen LogP contribution is -2.15. The molecule has 106 valence electrons. The molecule has 1 unspecified atom stereocenters. The molecule has 1 atom stereocenters. The largest absolute Gasteiger partial charge is 0.378 e. The molecule has 0 bridgehead atoms. The summed E-state index contributed by atoms with van der Waals surface area (Å²) in [6.07, 6.45) is 7.54. The SMILES string of the molecule is CCCc1c(NC)ncnc1NCCC1CCCO1. The molecular formula is C14H24N4O. The third kappa shape index (κ3) is 3.80. The number of rotatable bonds is 7. The molecule has 0 aliphatic carbocycles. The average molecular weight is 264 g/mol. The van der Waals surface area contributed by atoms with E-state index in [1.807, 2.05) is 7.05 Å². The molecule has 1 aromatic heterocycles. The van der Waals surface area contributed by atoms with Gasteiger partial charge in [-0.3, -0.25) is 0 Å². The van der Waals surface area contributed by atoms with Gasteiger partial charge in [-0.15, -0.1) is 0 Å². The highest BCUT2D eigenvalue weighted by Crippen LogP contribution is 2.22. The topological polar surface area (TPSA) is 59.1 Å². The molecule has 1 aliphatic heterocycles. The Hall–Kier alpha value is -1.36. The number of anilines is 2. The summed E-state index contributed by atoms with van der Waals surface area (Å²) >= 11 is 0. The monoisotopic (exact) mass is 264 g/mol. The molecule has 1 saturated heterocycles. The Morgan fingerprint density at radius 3 is 2.89 bits per heavy atom. The molecule has 0 radical (unpaired) electrons. The highest BCUT2D eigenvalue weighted by molar-refractivity contribution is 5.57. The standard InChI is InChI=1S/C14H24N4O/c1-3-5-12-13(15-2)17-10-18-14(12)16-8-7-11-6-4-9-19-11/h10-11H,3-9H2,1-2H3,(H2,15,16,17,18). The Morgan fingerprint density at radius 1 is 1.37 bits per heavy atom. The van der Waals surface area contributed by atoms with Gasteiger partial charge >= 0.3 is 0 Å². The molecule has 2 N–H and O–H groups in total. The smallest absolute Gasteiger partial charge is 0.134 e. The van der Waals surface area contributed by atoms with Crippen molar-refractivity contribution in [1.82, 2.24) is 9.97 Å². The third-order valence-electron chi connectivity index (χ3n) is 3.46. The van der Waals surface area contributed by atoms with Crippen LogP contribution in [0.2, 0.25) is 0 Å². The molecular weight excluding hydrogens is 240 g/mol. The molecule has 5 heteroatoms.